The summed E-state index contributed by atoms with van der Waals surface area (Å²) in [5, 5.41) is 4.61. The highest BCUT2D eigenvalue weighted by atomic mass is 35.5. The van der Waals surface area contributed by atoms with E-state index in [2.05, 4.69) is 15.2 Å². The number of halogens is 3. The Labute approximate surface area is 263 Å². The first-order valence-corrected chi connectivity index (χ1v) is 15.7. The summed E-state index contributed by atoms with van der Waals surface area (Å²) in [7, 11) is 0. The average molecular weight is 642 g/mol. The van der Waals surface area contributed by atoms with Gasteiger partial charge in [-0.05, 0) is 42.0 Å². The molecule has 2 N–H and O–H groups in total. The van der Waals surface area contributed by atoms with Gasteiger partial charge in [-0.15, -0.1) is 11.8 Å². The minimum absolute atomic E-state index is 0.00943. The van der Waals surface area contributed by atoms with Crippen LogP contribution >= 0.6 is 35.0 Å². The topological polar surface area (TPSA) is 77.7 Å². The number of nitrogens with zero attached hydrogens (tertiary/aromatic N) is 2. The number of aromatic amines is 1. The Hall–Kier alpha value is -3.08. The third kappa shape index (κ3) is 6.28. The molecule has 7 nitrogen and oxygen atoms in total. The van der Waals surface area contributed by atoms with Gasteiger partial charge >= 0.3 is 0 Å². The van der Waals surface area contributed by atoms with Gasteiger partial charge in [-0.1, -0.05) is 53.5 Å². The van der Waals surface area contributed by atoms with Crippen LogP contribution in [0.4, 0.5) is 4.39 Å². The summed E-state index contributed by atoms with van der Waals surface area (Å²) in [6.07, 6.45) is 1.82. The normalized spacial score (nSPS) is 21.0. The lowest BCUT2D eigenvalue weighted by atomic mass is 9.91. The molecule has 11 heteroatoms. The predicted molar refractivity (Wildman–Crippen MR) is 168 cm³/mol. The van der Waals surface area contributed by atoms with Gasteiger partial charge < -0.3 is 19.9 Å². The van der Waals surface area contributed by atoms with E-state index >= 15 is 0 Å². The van der Waals surface area contributed by atoms with E-state index < -0.39 is 16.6 Å². The molecule has 0 saturated carbocycles. The second-order valence-corrected chi connectivity index (χ2v) is 13.0. The number of amides is 2. The van der Waals surface area contributed by atoms with Gasteiger partial charge in [-0.3, -0.25) is 14.5 Å². The lowest BCUT2D eigenvalue weighted by molar-refractivity contribution is -0.129. The third-order valence-corrected chi connectivity index (χ3v) is 10.0. The molecule has 2 aliphatic heterocycles. The molecule has 2 saturated heterocycles. The van der Waals surface area contributed by atoms with Crippen LogP contribution in [-0.2, 0) is 20.9 Å². The fourth-order valence-electron chi connectivity index (χ4n) is 5.94. The number of hydrogen-bond acceptors (Lipinski definition) is 5. The standard InChI is InChI=1S/C32H31Cl2FN4O3S/c33-22-7-8-24-25(19-37-28(24)17-22)30-32(43-23-4-2-1-3-5-23,31(41)36-10-11-38-12-14-42-15-13-38)18-29(40)39(30)20-21-6-9-26(34)27(35)16-21/h1-9,16-17,19,30,37H,10-15,18,20H2,(H,36,41). The van der Waals surface area contributed by atoms with E-state index in [0.717, 1.165) is 34.5 Å². The number of rotatable bonds is 9. The maximum Gasteiger partial charge on any atom is 0.239 e. The highest BCUT2D eigenvalue weighted by Crippen LogP contribution is 2.54. The van der Waals surface area contributed by atoms with Crippen LogP contribution in [0, 0.1) is 5.82 Å². The first kappa shape index (κ1) is 30.0. The van der Waals surface area contributed by atoms with Crippen LogP contribution in [-0.4, -0.2) is 70.7 Å². The van der Waals surface area contributed by atoms with Crippen molar-refractivity contribution in [3.05, 3.63) is 99.9 Å². The highest BCUT2D eigenvalue weighted by molar-refractivity contribution is 8.01. The molecule has 2 atom stereocenters. The second-order valence-electron chi connectivity index (χ2n) is 10.8. The van der Waals surface area contributed by atoms with Gasteiger partial charge in [0.05, 0.1) is 30.7 Å². The summed E-state index contributed by atoms with van der Waals surface area (Å²) in [5.74, 6) is -0.980. The number of carbonyl (C=O) groups is 2. The third-order valence-electron chi connectivity index (χ3n) is 8.04. The van der Waals surface area contributed by atoms with Gasteiger partial charge in [-0.2, -0.15) is 0 Å². The van der Waals surface area contributed by atoms with Gasteiger partial charge in [0.25, 0.3) is 0 Å². The summed E-state index contributed by atoms with van der Waals surface area (Å²) in [6, 6.07) is 19.0. The molecule has 224 valence electrons. The summed E-state index contributed by atoms with van der Waals surface area (Å²) in [6.45, 7) is 4.18. The number of hydrogen-bond donors (Lipinski definition) is 2. The smallest absolute Gasteiger partial charge is 0.239 e. The number of nitrogens with one attached hydrogen (secondary N) is 2. The van der Waals surface area contributed by atoms with Crippen molar-refractivity contribution in [2.45, 2.75) is 28.6 Å². The Morgan fingerprint density at radius 2 is 1.88 bits per heavy atom. The van der Waals surface area contributed by atoms with Gasteiger partial charge in [0.1, 0.15) is 10.6 Å². The zero-order valence-electron chi connectivity index (χ0n) is 23.3. The molecule has 0 aliphatic carbocycles. The molecular weight excluding hydrogens is 610 g/mol. The van der Waals surface area contributed by atoms with Crippen LogP contribution in [0.5, 0.6) is 0 Å². The fourth-order valence-corrected chi connectivity index (χ4v) is 7.67. The number of ether oxygens (including phenoxy) is 1. The molecule has 3 heterocycles. The van der Waals surface area contributed by atoms with Gasteiger partial charge in [-0.25, -0.2) is 4.39 Å². The van der Waals surface area contributed by atoms with Crippen molar-refractivity contribution < 1.29 is 18.7 Å². The van der Waals surface area contributed by atoms with Crippen molar-refractivity contribution in [2.24, 2.45) is 0 Å². The van der Waals surface area contributed by atoms with Crippen molar-refractivity contribution in [1.82, 2.24) is 20.1 Å². The largest absolute Gasteiger partial charge is 0.379 e. The van der Waals surface area contributed by atoms with Crippen LogP contribution in [0.25, 0.3) is 10.9 Å². The van der Waals surface area contributed by atoms with Crippen LogP contribution in [0.2, 0.25) is 10.0 Å². The lowest BCUT2D eigenvalue weighted by Crippen LogP contribution is -2.50. The minimum Gasteiger partial charge on any atom is -0.379 e. The monoisotopic (exact) mass is 640 g/mol. The molecule has 4 aromatic rings. The van der Waals surface area contributed by atoms with E-state index in [-0.39, 0.29) is 29.8 Å². The second kappa shape index (κ2) is 12.9. The number of carbonyl (C=O) groups excluding carboxylic acids is 2. The van der Waals surface area contributed by atoms with Crippen LogP contribution in [0.15, 0.2) is 77.8 Å². The molecule has 2 amide bonds. The number of H-pyrrole nitrogens is 1. The zero-order chi connectivity index (χ0) is 30.0. The fraction of sp³-hybridized carbons (Fsp3) is 0.312. The van der Waals surface area contributed by atoms with Crippen LogP contribution in [0.3, 0.4) is 0 Å². The van der Waals surface area contributed by atoms with Crippen LogP contribution < -0.4 is 5.32 Å². The van der Waals surface area contributed by atoms with Gasteiger partial charge in [0, 0.05) is 65.3 Å². The highest BCUT2D eigenvalue weighted by Gasteiger charge is 2.58. The number of fused-ring (bicyclic) bond motifs is 1. The molecule has 2 unspecified atom stereocenters. The molecule has 3 aromatic carbocycles. The summed E-state index contributed by atoms with van der Waals surface area (Å²) < 4.78 is 18.7. The Bertz CT molecular complexity index is 1630. The minimum atomic E-state index is -1.22. The Kier molecular flexibility index (Phi) is 8.98. The number of aromatic nitrogens is 1. The van der Waals surface area contributed by atoms with Gasteiger partial charge in [0.2, 0.25) is 11.8 Å². The van der Waals surface area contributed by atoms with E-state index in [0.29, 0.717) is 36.9 Å². The van der Waals surface area contributed by atoms with Crippen molar-refractivity contribution >= 4 is 57.7 Å². The summed E-state index contributed by atoms with van der Waals surface area (Å²) in [5.41, 5.74) is 2.17. The molecule has 0 spiro atoms. The number of morpholine rings is 1. The summed E-state index contributed by atoms with van der Waals surface area (Å²) in [4.78, 5) is 36.6. The molecule has 0 bridgehead atoms. The number of benzene rings is 3. The van der Waals surface area contributed by atoms with Crippen molar-refractivity contribution in [1.29, 1.82) is 0 Å². The van der Waals surface area contributed by atoms with E-state index in [1.165, 1.54) is 23.9 Å². The zero-order valence-corrected chi connectivity index (χ0v) is 25.7. The SMILES string of the molecule is O=C1CC(Sc2ccccc2)(C(=O)NCCN2CCOCC2)C(c2c[nH]c3cc(Cl)ccc23)N1Cc1ccc(Cl)c(F)c1. The lowest BCUT2D eigenvalue weighted by Gasteiger charge is -2.36. The predicted octanol–water partition coefficient (Wildman–Crippen LogP) is 6.07. The Balaban J connectivity index is 1.42. The maximum atomic E-state index is 14.5. The van der Waals surface area contributed by atoms with Gasteiger partial charge in [0.15, 0.2) is 0 Å². The molecule has 2 aliphatic rings. The van der Waals surface area contributed by atoms with E-state index in [4.69, 9.17) is 27.9 Å². The molecule has 6 rings (SSSR count). The first-order chi connectivity index (χ1) is 20.8. The first-order valence-electron chi connectivity index (χ1n) is 14.2. The van der Waals surface area contributed by atoms with Crippen molar-refractivity contribution in [3.63, 3.8) is 0 Å². The quantitative estimate of drug-likeness (QED) is 0.232. The molecule has 43 heavy (non-hydrogen) atoms. The molecule has 1 aromatic heterocycles. The average Bonchev–Trinajstić information content (AvgIpc) is 3.53. The van der Waals surface area contributed by atoms with E-state index in [1.54, 1.807) is 17.0 Å². The van der Waals surface area contributed by atoms with Crippen LogP contribution in [0.1, 0.15) is 23.6 Å². The van der Waals surface area contributed by atoms with E-state index in [9.17, 15) is 14.0 Å². The Morgan fingerprint density at radius 1 is 1.09 bits per heavy atom. The Morgan fingerprint density at radius 3 is 2.65 bits per heavy atom. The van der Waals surface area contributed by atoms with Crippen molar-refractivity contribution in [3.8, 4) is 0 Å². The maximum absolute atomic E-state index is 14.5. The number of thioether (sulfide) groups is 1. The van der Waals surface area contributed by atoms with E-state index in [1.807, 2.05) is 48.7 Å². The molecular formula is C32H31Cl2FN4O3S. The molecule has 0 radical (unpaired) electrons. The summed E-state index contributed by atoms with van der Waals surface area (Å²) >= 11 is 13.6. The molecule has 2 fully saturated rings. The number of likely N-dealkylation sites (tertiary alicyclic amines) is 1. The van der Waals surface area contributed by atoms with Crippen molar-refractivity contribution in [2.75, 3.05) is 39.4 Å².